The van der Waals surface area contributed by atoms with Crippen LogP contribution in [0.1, 0.15) is 48.5 Å². The van der Waals surface area contributed by atoms with Crippen LogP contribution in [0, 0.1) is 0 Å². The smallest absolute Gasteiger partial charge is 0.225 e. The Balaban J connectivity index is 1.42. The highest BCUT2D eigenvalue weighted by atomic mass is 16.5. The van der Waals surface area contributed by atoms with Crippen molar-refractivity contribution in [1.82, 2.24) is 14.9 Å². The van der Waals surface area contributed by atoms with E-state index in [0.29, 0.717) is 12.1 Å². The van der Waals surface area contributed by atoms with Crippen molar-refractivity contribution in [2.24, 2.45) is 0 Å². The van der Waals surface area contributed by atoms with Gasteiger partial charge in [-0.25, -0.2) is 9.97 Å². The Morgan fingerprint density at radius 2 is 2.00 bits per heavy atom. The van der Waals surface area contributed by atoms with Gasteiger partial charge in [0.05, 0.1) is 12.8 Å². The van der Waals surface area contributed by atoms with E-state index in [2.05, 4.69) is 34.2 Å². The van der Waals surface area contributed by atoms with E-state index in [1.54, 1.807) is 7.11 Å². The summed E-state index contributed by atoms with van der Waals surface area (Å²) in [5.41, 5.74) is 3.90. The van der Waals surface area contributed by atoms with Crippen molar-refractivity contribution in [3.05, 3.63) is 47.3 Å². The van der Waals surface area contributed by atoms with Gasteiger partial charge in [0.15, 0.2) is 0 Å². The topological polar surface area (TPSA) is 41.5 Å². The monoisotopic (exact) mass is 350 g/mol. The van der Waals surface area contributed by atoms with Crippen LogP contribution in [-0.2, 0) is 13.0 Å². The molecule has 1 aromatic carbocycles. The highest BCUT2D eigenvalue weighted by Gasteiger charge is 2.41. The maximum absolute atomic E-state index is 5.56. The van der Waals surface area contributed by atoms with E-state index in [-0.39, 0.29) is 0 Å². The summed E-state index contributed by atoms with van der Waals surface area (Å²) in [7, 11) is 1.76. The van der Waals surface area contributed by atoms with Crippen molar-refractivity contribution in [1.29, 1.82) is 0 Å². The zero-order valence-electron chi connectivity index (χ0n) is 15.4. The van der Waals surface area contributed by atoms with Gasteiger partial charge in [-0.05, 0) is 31.7 Å². The molecule has 2 fully saturated rings. The number of para-hydroxylation sites is 1. The minimum absolute atomic E-state index is 0.446. The number of benzene rings is 1. The van der Waals surface area contributed by atoms with Crippen molar-refractivity contribution < 1.29 is 4.74 Å². The van der Waals surface area contributed by atoms with Gasteiger partial charge in [0.1, 0.15) is 5.75 Å². The van der Waals surface area contributed by atoms with Gasteiger partial charge >= 0.3 is 0 Å². The van der Waals surface area contributed by atoms with E-state index >= 15 is 0 Å². The summed E-state index contributed by atoms with van der Waals surface area (Å²) < 4.78 is 5.56. The lowest BCUT2D eigenvalue weighted by atomic mass is 9.98. The highest BCUT2D eigenvalue weighted by Crippen LogP contribution is 2.44. The Morgan fingerprint density at radius 3 is 2.85 bits per heavy atom. The standard InChI is InChI=1S/C21H26N4O/c1-26-20-7-3-2-6-15(20)14-25-16-8-9-19(25)17-13-22-21(23-18(17)12-16)24-10-4-5-11-24/h2-3,6-7,13,16,19H,4-5,8-12,14H2,1H3/t16-,19-/m1/s1. The molecule has 2 saturated heterocycles. The molecule has 0 saturated carbocycles. The summed E-state index contributed by atoms with van der Waals surface area (Å²) >= 11 is 0. The van der Waals surface area contributed by atoms with E-state index in [9.17, 15) is 0 Å². The first kappa shape index (κ1) is 16.1. The first-order valence-corrected chi connectivity index (χ1v) is 9.82. The molecule has 0 amide bonds. The van der Waals surface area contributed by atoms with Gasteiger partial charge in [-0.15, -0.1) is 0 Å². The normalized spacial score (nSPS) is 24.7. The Labute approximate surface area is 155 Å². The SMILES string of the molecule is COc1ccccc1CN1[C@@H]2CC[C@@H]1c1cnc(N3CCCC3)nc1C2. The van der Waals surface area contributed by atoms with E-state index < -0.39 is 0 Å². The maximum atomic E-state index is 5.56. The summed E-state index contributed by atoms with van der Waals surface area (Å²) in [5.74, 6) is 1.93. The average molecular weight is 350 g/mol. The fourth-order valence-corrected chi connectivity index (χ4v) is 4.91. The van der Waals surface area contributed by atoms with Crippen molar-refractivity contribution in [2.45, 2.75) is 50.7 Å². The van der Waals surface area contributed by atoms with Crippen LogP contribution in [0.2, 0.25) is 0 Å². The minimum atomic E-state index is 0.446. The van der Waals surface area contributed by atoms with Gasteiger partial charge in [0, 0.05) is 55.5 Å². The van der Waals surface area contributed by atoms with Gasteiger partial charge < -0.3 is 9.64 Å². The van der Waals surface area contributed by atoms with Gasteiger partial charge in [-0.2, -0.15) is 0 Å². The van der Waals surface area contributed by atoms with Gasteiger partial charge in [-0.3, -0.25) is 4.90 Å². The van der Waals surface area contributed by atoms with Crippen LogP contribution < -0.4 is 9.64 Å². The molecule has 3 aliphatic rings. The molecule has 5 nitrogen and oxygen atoms in total. The Kier molecular flexibility index (Phi) is 4.04. The van der Waals surface area contributed by atoms with Crippen LogP contribution in [0.15, 0.2) is 30.5 Å². The van der Waals surface area contributed by atoms with Crippen molar-refractivity contribution >= 4 is 5.95 Å². The second kappa shape index (κ2) is 6.54. The van der Waals surface area contributed by atoms with Crippen LogP contribution in [0.5, 0.6) is 5.75 Å². The van der Waals surface area contributed by atoms with Gasteiger partial charge in [-0.1, -0.05) is 18.2 Å². The second-order valence-corrected chi connectivity index (χ2v) is 7.70. The molecule has 3 aliphatic heterocycles. The largest absolute Gasteiger partial charge is 0.496 e. The number of hydrogen-bond acceptors (Lipinski definition) is 5. The third-order valence-corrected chi connectivity index (χ3v) is 6.25. The zero-order valence-corrected chi connectivity index (χ0v) is 15.4. The summed E-state index contributed by atoms with van der Waals surface area (Å²) in [6.45, 7) is 3.14. The molecule has 5 heteroatoms. The predicted octanol–water partition coefficient (Wildman–Crippen LogP) is 3.35. The molecule has 2 aromatic rings. The third kappa shape index (κ3) is 2.65. The van der Waals surface area contributed by atoms with E-state index in [4.69, 9.17) is 14.7 Å². The average Bonchev–Trinajstić information content (AvgIpc) is 3.30. The number of fused-ring (bicyclic) bond motifs is 4. The Hall–Kier alpha value is -2.14. The molecule has 0 unspecified atom stereocenters. The number of ether oxygens (including phenoxy) is 1. The quantitative estimate of drug-likeness (QED) is 0.846. The molecule has 0 radical (unpaired) electrons. The van der Waals surface area contributed by atoms with Crippen molar-refractivity contribution in [3.63, 3.8) is 0 Å². The Morgan fingerprint density at radius 1 is 1.15 bits per heavy atom. The lowest BCUT2D eigenvalue weighted by molar-refractivity contribution is 0.164. The summed E-state index contributed by atoms with van der Waals surface area (Å²) in [5, 5.41) is 0. The van der Waals surface area contributed by atoms with Crippen LogP contribution >= 0.6 is 0 Å². The fourth-order valence-electron chi connectivity index (χ4n) is 4.91. The van der Waals surface area contributed by atoms with E-state index in [0.717, 1.165) is 37.8 Å². The molecule has 0 N–H and O–H groups in total. The molecular weight excluding hydrogens is 324 g/mol. The lowest BCUT2D eigenvalue weighted by Crippen LogP contribution is -2.38. The molecule has 2 atom stereocenters. The fraction of sp³-hybridized carbons (Fsp3) is 0.524. The first-order valence-electron chi connectivity index (χ1n) is 9.82. The molecule has 4 heterocycles. The second-order valence-electron chi connectivity index (χ2n) is 7.70. The van der Waals surface area contributed by atoms with Crippen LogP contribution in [0.25, 0.3) is 0 Å². The molecule has 1 aromatic heterocycles. The third-order valence-electron chi connectivity index (χ3n) is 6.25. The van der Waals surface area contributed by atoms with Crippen molar-refractivity contribution in [3.8, 4) is 5.75 Å². The van der Waals surface area contributed by atoms with E-state index in [1.165, 1.54) is 42.5 Å². The number of methoxy groups -OCH3 is 1. The van der Waals surface area contributed by atoms with Crippen LogP contribution in [0.4, 0.5) is 5.95 Å². The molecule has 5 rings (SSSR count). The minimum Gasteiger partial charge on any atom is -0.496 e. The number of nitrogens with zero attached hydrogens (tertiary/aromatic N) is 4. The summed E-state index contributed by atoms with van der Waals surface area (Å²) in [4.78, 5) is 14.7. The molecule has 26 heavy (non-hydrogen) atoms. The number of rotatable bonds is 4. The Bertz CT molecular complexity index is 802. The van der Waals surface area contributed by atoms with Crippen LogP contribution in [-0.4, -0.2) is 41.1 Å². The first-order chi connectivity index (χ1) is 12.8. The van der Waals surface area contributed by atoms with Crippen LogP contribution in [0.3, 0.4) is 0 Å². The molecule has 2 bridgehead atoms. The highest BCUT2D eigenvalue weighted by molar-refractivity contribution is 5.39. The number of hydrogen-bond donors (Lipinski definition) is 0. The van der Waals surface area contributed by atoms with Crippen molar-refractivity contribution in [2.75, 3.05) is 25.1 Å². The number of anilines is 1. The molecular formula is C21H26N4O. The maximum Gasteiger partial charge on any atom is 0.225 e. The number of aromatic nitrogens is 2. The van der Waals surface area contributed by atoms with Gasteiger partial charge in [0.25, 0.3) is 0 Å². The van der Waals surface area contributed by atoms with E-state index in [1.807, 2.05) is 6.07 Å². The molecule has 0 aliphatic carbocycles. The van der Waals surface area contributed by atoms with Gasteiger partial charge in [0.2, 0.25) is 5.95 Å². The predicted molar refractivity (Wildman–Crippen MR) is 101 cm³/mol. The molecule has 0 spiro atoms. The summed E-state index contributed by atoms with van der Waals surface area (Å²) in [6.07, 6.45) is 8.13. The molecule has 136 valence electrons. The lowest BCUT2D eigenvalue weighted by Gasteiger charge is -2.36. The zero-order chi connectivity index (χ0) is 17.5. The summed E-state index contributed by atoms with van der Waals surface area (Å²) in [6, 6.07) is 9.40.